The van der Waals surface area contributed by atoms with Crippen LogP contribution >= 0.6 is 0 Å². The van der Waals surface area contributed by atoms with Gasteiger partial charge in [0.25, 0.3) is 0 Å². The van der Waals surface area contributed by atoms with Gasteiger partial charge in [0.15, 0.2) is 0 Å². The van der Waals surface area contributed by atoms with Gasteiger partial charge in [-0.05, 0) is 20.3 Å². The molecule has 0 aliphatic carbocycles. The molecule has 1 unspecified atom stereocenters. The van der Waals surface area contributed by atoms with Crippen molar-refractivity contribution in [1.82, 2.24) is 4.90 Å². The number of ether oxygens (including phenoxy) is 1. The van der Waals surface area contributed by atoms with E-state index in [1.54, 1.807) is 0 Å². The van der Waals surface area contributed by atoms with Crippen molar-refractivity contribution in [2.24, 2.45) is 0 Å². The van der Waals surface area contributed by atoms with Gasteiger partial charge in [0.1, 0.15) is 12.4 Å². The van der Waals surface area contributed by atoms with Crippen molar-refractivity contribution in [3.05, 3.63) is 0 Å². The summed E-state index contributed by atoms with van der Waals surface area (Å²) in [6.45, 7) is 6.01. The summed E-state index contributed by atoms with van der Waals surface area (Å²) in [5, 5.41) is 0. The summed E-state index contributed by atoms with van der Waals surface area (Å²) in [7, 11) is 0. The van der Waals surface area contributed by atoms with Crippen LogP contribution in [0.1, 0.15) is 20.3 Å². The Morgan fingerprint density at radius 1 is 1.73 bits per heavy atom. The third kappa shape index (κ3) is 2.42. The van der Waals surface area contributed by atoms with Gasteiger partial charge in [0, 0.05) is 19.7 Å². The van der Waals surface area contributed by atoms with Crippen LogP contribution in [0.25, 0.3) is 0 Å². The molecule has 1 rings (SSSR count). The van der Waals surface area contributed by atoms with Crippen LogP contribution in [0.4, 0.5) is 4.39 Å². The maximum atomic E-state index is 12.7. The van der Waals surface area contributed by atoms with E-state index in [1.165, 1.54) is 0 Å². The lowest BCUT2D eigenvalue weighted by atomic mass is 10.3. The van der Waals surface area contributed by atoms with Crippen LogP contribution in [-0.4, -0.2) is 37.0 Å². The zero-order chi connectivity index (χ0) is 8.27. The Balaban J connectivity index is 2.25. The third-order valence-corrected chi connectivity index (χ3v) is 2.08. The fourth-order valence-electron chi connectivity index (χ4n) is 1.42. The third-order valence-electron chi connectivity index (χ3n) is 2.08. The Kier molecular flexibility index (Phi) is 3.27. The Labute approximate surface area is 67.3 Å². The Bertz CT molecular complexity index is 121. The first kappa shape index (κ1) is 8.94. The minimum Gasteiger partial charge on any atom is -0.364 e. The molecule has 1 aliphatic rings. The highest BCUT2D eigenvalue weighted by molar-refractivity contribution is 4.75. The highest BCUT2D eigenvalue weighted by Crippen LogP contribution is 2.15. The number of hydrogen-bond donors (Lipinski definition) is 0. The zero-order valence-corrected chi connectivity index (χ0v) is 7.22. The monoisotopic (exact) mass is 161 g/mol. The summed E-state index contributed by atoms with van der Waals surface area (Å²) in [5.74, 6) is 0. The van der Waals surface area contributed by atoms with Gasteiger partial charge in [0.2, 0.25) is 0 Å². The predicted octanol–water partition coefficient (Wildman–Crippen LogP) is 1.41. The highest BCUT2D eigenvalue weighted by atomic mass is 19.1. The van der Waals surface area contributed by atoms with Crippen molar-refractivity contribution in [1.29, 1.82) is 0 Å². The molecule has 1 heterocycles. The molecule has 2 nitrogen and oxygen atoms in total. The van der Waals surface area contributed by atoms with Crippen molar-refractivity contribution < 1.29 is 9.13 Å². The molecule has 1 fully saturated rings. The van der Waals surface area contributed by atoms with E-state index in [0.717, 1.165) is 6.54 Å². The van der Waals surface area contributed by atoms with Crippen molar-refractivity contribution in [2.45, 2.75) is 32.7 Å². The molecule has 0 aromatic heterocycles. The predicted molar refractivity (Wildman–Crippen MR) is 42.2 cm³/mol. The number of nitrogens with zero attached hydrogens (tertiary/aromatic N) is 1. The van der Waals surface area contributed by atoms with Crippen molar-refractivity contribution in [3.63, 3.8) is 0 Å². The Morgan fingerprint density at radius 3 is 2.91 bits per heavy atom. The van der Waals surface area contributed by atoms with E-state index in [4.69, 9.17) is 4.74 Å². The summed E-state index contributed by atoms with van der Waals surface area (Å²) < 4.78 is 18.0. The largest absolute Gasteiger partial charge is 0.364 e. The molecule has 1 saturated heterocycles. The standard InChI is InChI=1S/C8H16FNO/c1-3-11-7(2)10-5-4-8(9)6-10/h7-8H,3-6H2,1-2H3/t7?,8-/m1/s1. The Morgan fingerprint density at radius 2 is 2.45 bits per heavy atom. The van der Waals surface area contributed by atoms with E-state index in [0.29, 0.717) is 19.6 Å². The quantitative estimate of drug-likeness (QED) is 0.620. The van der Waals surface area contributed by atoms with Crippen LogP contribution in [0.2, 0.25) is 0 Å². The van der Waals surface area contributed by atoms with Gasteiger partial charge >= 0.3 is 0 Å². The molecule has 66 valence electrons. The molecule has 0 bridgehead atoms. The van der Waals surface area contributed by atoms with Crippen molar-refractivity contribution >= 4 is 0 Å². The van der Waals surface area contributed by atoms with Crippen molar-refractivity contribution in [2.75, 3.05) is 19.7 Å². The molecule has 0 spiro atoms. The maximum Gasteiger partial charge on any atom is 0.114 e. The fraction of sp³-hybridized carbons (Fsp3) is 1.00. The SMILES string of the molecule is CCOC(C)N1CC[C@@H](F)C1. The Hall–Kier alpha value is -0.150. The van der Waals surface area contributed by atoms with Gasteiger partial charge in [-0.3, -0.25) is 4.90 Å². The maximum absolute atomic E-state index is 12.7. The van der Waals surface area contributed by atoms with E-state index >= 15 is 0 Å². The van der Waals surface area contributed by atoms with Gasteiger partial charge in [0.05, 0.1) is 0 Å². The van der Waals surface area contributed by atoms with E-state index < -0.39 is 6.17 Å². The fourth-order valence-corrected chi connectivity index (χ4v) is 1.42. The van der Waals surface area contributed by atoms with Gasteiger partial charge in [-0.2, -0.15) is 0 Å². The molecule has 2 atom stereocenters. The number of likely N-dealkylation sites (tertiary alicyclic amines) is 1. The topological polar surface area (TPSA) is 12.5 Å². The van der Waals surface area contributed by atoms with E-state index in [9.17, 15) is 4.39 Å². The highest BCUT2D eigenvalue weighted by Gasteiger charge is 2.25. The summed E-state index contributed by atoms with van der Waals surface area (Å²) >= 11 is 0. The molecule has 1 aliphatic heterocycles. The van der Waals surface area contributed by atoms with Crippen LogP contribution in [0.15, 0.2) is 0 Å². The molecule has 0 aromatic rings. The van der Waals surface area contributed by atoms with Crippen LogP contribution < -0.4 is 0 Å². The first-order chi connectivity index (χ1) is 5.24. The smallest absolute Gasteiger partial charge is 0.114 e. The molecule has 0 amide bonds. The average Bonchev–Trinajstić information content (AvgIpc) is 2.36. The molecule has 3 heteroatoms. The van der Waals surface area contributed by atoms with E-state index in [2.05, 4.69) is 0 Å². The first-order valence-electron chi connectivity index (χ1n) is 4.23. The summed E-state index contributed by atoms with van der Waals surface area (Å²) in [6, 6.07) is 0. The van der Waals surface area contributed by atoms with Crippen LogP contribution in [0.3, 0.4) is 0 Å². The molecule has 0 saturated carbocycles. The second-order valence-corrected chi connectivity index (χ2v) is 2.94. The lowest BCUT2D eigenvalue weighted by Gasteiger charge is -2.22. The summed E-state index contributed by atoms with van der Waals surface area (Å²) in [4.78, 5) is 2.04. The average molecular weight is 161 g/mol. The molecular formula is C8H16FNO. The van der Waals surface area contributed by atoms with E-state index in [-0.39, 0.29) is 6.23 Å². The number of halogens is 1. The molecule has 11 heavy (non-hydrogen) atoms. The minimum absolute atomic E-state index is 0.0840. The van der Waals surface area contributed by atoms with Gasteiger partial charge in [-0.1, -0.05) is 0 Å². The summed E-state index contributed by atoms with van der Waals surface area (Å²) in [5.41, 5.74) is 0. The zero-order valence-electron chi connectivity index (χ0n) is 7.22. The first-order valence-corrected chi connectivity index (χ1v) is 4.23. The van der Waals surface area contributed by atoms with Gasteiger partial charge in [-0.15, -0.1) is 0 Å². The van der Waals surface area contributed by atoms with Crippen LogP contribution in [-0.2, 0) is 4.74 Å². The lowest BCUT2D eigenvalue weighted by molar-refractivity contribution is -0.0326. The second kappa shape index (κ2) is 4.02. The number of hydrogen-bond acceptors (Lipinski definition) is 2. The van der Waals surface area contributed by atoms with E-state index in [1.807, 2.05) is 18.7 Å². The normalized spacial score (nSPS) is 29.2. The lowest BCUT2D eigenvalue weighted by Crippen LogP contribution is -2.33. The van der Waals surface area contributed by atoms with Crippen LogP contribution in [0, 0.1) is 0 Å². The summed E-state index contributed by atoms with van der Waals surface area (Å²) in [6.07, 6.45) is 0.107. The number of rotatable bonds is 3. The molecule has 0 radical (unpaired) electrons. The number of alkyl halides is 1. The molecule has 0 N–H and O–H groups in total. The molecular weight excluding hydrogens is 145 g/mol. The van der Waals surface area contributed by atoms with Crippen LogP contribution in [0.5, 0.6) is 0 Å². The minimum atomic E-state index is -0.641. The van der Waals surface area contributed by atoms with Gasteiger partial charge in [-0.25, -0.2) is 4.39 Å². The van der Waals surface area contributed by atoms with Gasteiger partial charge < -0.3 is 4.74 Å². The second-order valence-electron chi connectivity index (χ2n) is 2.94. The van der Waals surface area contributed by atoms with Crippen molar-refractivity contribution in [3.8, 4) is 0 Å². The molecule has 0 aromatic carbocycles.